The summed E-state index contributed by atoms with van der Waals surface area (Å²) in [5.74, 6) is 0.712. The van der Waals surface area contributed by atoms with Crippen LogP contribution in [0.2, 0.25) is 0 Å². The van der Waals surface area contributed by atoms with E-state index in [1.807, 2.05) is 7.11 Å². The molecule has 1 fully saturated rings. The fraction of sp³-hybridized carbons (Fsp3) is 1.00. The summed E-state index contributed by atoms with van der Waals surface area (Å²) >= 11 is 0. The van der Waals surface area contributed by atoms with E-state index in [1.165, 1.54) is 19.4 Å². The van der Waals surface area contributed by atoms with Crippen LogP contribution in [0.4, 0.5) is 0 Å². The zero-order chi connectivity index (χ0) is 12.0. The Labute approximate surface area is 101 Å². The summed E-state index contributed by atoms with van der Waals surface area (Å²) in [6.07, 6.45) is 2.90. The summed E-state index contributed by atoms with van der Waals surface area (Å²) < 4.78 is 5.52. The van der Waals surface area contributed by atoms with E-state index in [0.717, 1.165) is 19.6 Å². The van der Waals surface area contributed by atoms with Gasteiger partial charge in [0.05, 0.1) is 6.10 Å². The van der Waals surface area contributed by atoms with E-state index in [9.17, 15) is 0 Å². The van der Waals surface area contributed by atoms with Gasteiger partial charge in [-0.1, -0.05) is 13.8 Å². The van der Waals surface area contributed by atoms with Gasteiger partial charge in [0, 0.05) is 32.8 Å². The van der Waals surface area contributed by atoms with Crippen LogP contribution in [0, 0.1) is 5.92 Å². The van der Waals surface area contributed by atoms with Crippen molar-refractivity contribution in [3.63, 3.8) is 0 Å². The molecule has 0 aliphatic carbocycles. The number of hydrogen-bond acceptors (Lipinski definition) is 3. The minimum absolute atomic E-state index is 0.428. The van der Waals surface area contributed by atoms with Gasteiger partial charge in [-0.15, -0.1) is 0 Å². The molecule has 0 bridgehead atoms. The van der Waals surface area contributed by atoms with Gasteiger partial charge in [-0.05, 0) is 32.2 Å². The van der Waals surface area contributed by atoms with Crippen molar-refractivity contribution in [3.05, 3.63) is 0 Å². The molecular formula is C13H28N2O. The largest absolute Gasteiger partial charge is 0.380 e. The molecule has 1 heterocycles. The monoisotopic (exact) mass is 228 g/mol. The number of hydrogen-bond donors (Lipinski definition) is 1. The maximum atomic E-state index is 5.52. The summed E-state index contributed by atoms with van der Waals surface area (Å²) in [6, 6.07) is 0.641. The highest BCUT2D eigenvalue weighted by molar-refractivity contribution is 4.78. The third-order valence-corrected chi connectivity index (χ3v) is 3.81. The maximum absolute atomic E-state index is 5.52. The Morgan fingerprint density at radius 3 is 2.88 bits per heavy atom. The van der Waals surface area contributed by atoms with Gasteiger partial charge in [-0.25, -0.2) is 0 Å². The van der Waals surface area contributed by atoms with Crippen LogP contribution in [-0.2, 0) is 4.74 Å². The van der Waals surface area contributed by atoms with E-state index < -0.39 is 0 Å². The summed E-state index contributed by atoms with van der Waals surface area (Å²) in [6.45, 7) is 11.3. The Bertz CT molecular complexity index is 187. The molecule has 0 aromatic rings. The lowest BCUT2D eigenvalue weighted by atomic mass is 9.96. The van der Waals surface area contributed by atoms with Crippen molar-refractivity contribution in [1.82, 2.24) is 10.2 Å². The molecule has 1 aliphatic heterocycles. The molecule has 0 amide bonds. The van der Waals surface area contributed by atoms with Crippen LogP contribution in [0.3, 0.4) is 0 Å². The molecule has 0 aromatic heterocycles. The molecule has 16 heavy (non-hydrogen) atoms. The van der Waals surface area contributed by atoms with Gasteiger partial charge < -0.3 is 10.1 Å². The number of piperidine rings is 1. The van der Waals surface area contributed by atoms with E-state index in [0.29, 0.717) is 18.1 Å². The van der Waals surface area contributed by atoms with Crippen LogP contribution in [0.15, 0.2) is 0 Å². The molecule has 0 spiro atoms. The van der Waals surface area contributed by atoms with E-state index in [-0.39, 0.29) is 0 Å². The Kier molecular flexibility index (Phi) is 6.32. The Balaban J connectivity index is 2.18. The number of likely N-dealkylation sites (tertiary alicyclic amines) is 1. The van der Waals surface area contributed by atoms with Crippen LogP contribution in [0.1, 0.15) is 33.6 Å². The Hall–Kier alpha value is -0.120. The third-order valence-electron chi connectivity index (χ3n) is 3.81. The molecule has 96 valence electrons. The van der Waals surface area contributed by atoms with Crippen LogP contribution in [0.5, 0.6) is 0 Å². The summed E-state index contributed by atoms with van der Waals surface area (Å²) in [4.78, 5) is 2.52. The third kappa shape index (κ3) is 4.40. The van der Waals surface area contributed by atoms with E-state index in [4.69, 9.17) is 4.74 Å². The molecule has 3 unspecified atom stereocenters. The minimum Gasteiger partial charge on any atom is -0.380 e. The van der Waals surface area contributed by atoms with Crippen LogP contribution >= 0.6 is 0 Å². The van der Waals surface area contributed by atoms with Crippen molar-refractivity contribution >= 4 is 0 Å². The van der Waals surface area contributed by atoms with Crippen molar-refractivity contribution < 1.29 is 4.74 Å². The molecule has 0 saturated carbocycles. The lowest BCUT2D eigenvalue weighted by Crippen LogP contribution is -2.46. The van der Waals surface area contributed by atoms with Crippen molar-refractivity contribution in [2.24, 2.45) is 5.92 Å². The lowest BCUT2D eigenvalue weighted by molar-refractivity contribution is -0.00455. The first-order chi connectivity index (χ1) is 7.67. The summed E-state index contributed by atoms with van der Waals surface area (Å²) in [7, 11) is 1.84. The predicted octanol–water partition coefficient (Wildman–Crippen LogP) is 1.73. The number of nitrogens with one attached hydrogen (secondary N) is 1. The smallest absolute Gasteiger partial charge is 0.0724 e. The standard InChI is InChI=1S/C13H28N2O/c1-5-12(3)14-7-9-15-8-6-11(2)13(10-15)16-4/h11-14H,5-10H2,1-4H3. The zero-order valence-corrected chi connectivity index (χ0v) is 11.3. The van der Waals surface area contributed by atoms with Crippen LogP contribution < -0.4 is 5.32 Å². The van der Waals surface area contributed by atoms with Crippen molar-refractivity contribution in [3.8, 4) is 0 Å². The topological polar surface area (TPSA) is 24.5 Å². The molecule has 1 aliphatic rings. The second-order valence-electron chi connectivity index (χ2n) is 5.10. The minimum atomic E-state index is 0.428. The highest BCUT2D eigenvalue weighted by Gasteiger charge is 2.25. The summed E-state index contributed by atoms with van der Waals surface area (Å²) in [5.41, 5.74) is 0. The van der Waals surface area contributed by atoms with E-state index >= 15 is 0 Å². The molecule has 0 radical (unpaired) electrons. The highest BCUT2D eigenvalue weighted by Crippen LogP contribution is 2.18. The first-order valence-electron chi connectivity index (χ1n) is 6.65. The zero-order valence-electron chi connectivity index (χ0n) is 11.3. The number of methoxy groups -OCH3 is 1. The van der Waals surface area contributed by atoms with Crippen LogP contribution in [0.25, 0.3) is 0 Å². The van der Waals surface area contributed by atoms with E-state index in [1.54, 1.807) is 0 Å². The normalized spacial score (nSPS) is 29.2. The molecule has 3 atom stereocenters. The van der Waals surface area contributed by atoms with Gasteiger partial charge in [0.2, 0.25) is 0 Å². The first-order valence-corrected chi connectivity index (χ1v) is 6.65. The van der Waals surface area contributed by atoms with Crippen molar-refractivity contribution in [1.29, 1.82) is 0 Å². The number of ether oxygens (including phenoxy) is 1. The molecule has 1 N–H and O–H groups in total. The average molecular weight is 228 g/mol. The SMILES string of the molecule is CCC(C)NCCN1CCC(C)C(OC)C1. The lowest BCUT2D eigenvalue weighted by Gasteiger charge is -2.36. The Morgan fingerprint density at radius 1 is 1.50 bits per heavy atom. The molecule has 3 heteroatoms. The molecule has 1 rings (SSSR count). The first kappa shape index (κ1) is 13.9. The van der Waals surface area contributed by atoms with Crippen molar-refractivity contribution in [2.45, 2.75) is 45.8 Å². The number of rotatable bonds is 6. The molecule has 0 aromatic carbocycles. The second kappa shape index (κ2) is 7.25. The number of nitrogens with zero attached hydrogens (tertiary/aromatic N) is 1. The van der Waals surface area contributed by atoms with Gasteiger partial charge in [0.25, 0.3) is 0 Å². The molecular weight excluding hydrogens is 200 g/mol. The Morgan fingerprint density at radius 2 is 2.25 bits per heavy atom. The van der Waals surface area contributed by atoms with Crippen LogP contribution in [-0.4, -0.2) is 50.3 Å². The van der Waals surface area contributed by atoms with Gasteiger partial charge in [-0.2, -0.15) is 0 Å². The fourth-order valence-electron chi connectivity index (χ4n) is 2.22. The predicted molar refractivity (Wildman–Crippen MR) is 68.8 cm³/mol. The van der Waals surface area contributed by atoms with E-state index in [2.05, 4.69) is 31.0 Å². The van der Waals surface area contributed by atoms with Gasteiger partial charge in [0.15, 0.2) is 0 Å². The quantitative estimate of drug-likeness (QED) is 0.749. The second-order valence-corrected chi connectivity index (χ2v) is 5.10. The maximum Gasteiger partial charge on any atom is 0.0724 e. The average Bonchev–Trinajstić information content (AvgIpc) is 2.31. The van der Waals surface area contributed by atoms with Gasteiger partial charge in [0.1, 0.15) is 0 Å². The fourth-order valence-corrected chi connectivity index (χ4v) is 2.22. The molecule has 3 nitrogen and oxygen atoms in total. The van der Waals surface area contributed by atoms with Crippen molar-refractivity contribution in [2.75, 3.05) is 33.3 Å². The van der Waals surface area contributed by atoms with Gasteiger partial charge >= 0.3 is 0 Å². The highest BCUT2D eigenvalue weighted by atomic mass is 16.5. The molecule has 1 saturated heterocycles. The van der Waals surface area contributed by atoms with Gasteiger partial charge in [-0.3, -0.25) is 4.90 Å². The summed E-state index contributed by atoms with van der Waals surface area (Å²) in [5, 5.41) is 3.54.